The maximum absolute atomic E-state index is 13.3. The van der Waals surface area contributed by atoms with E-state index < -0.39 is 10.0 Å². The monoisotopic (exact) mass is 492 g/mol. The lowest BCUT2D eigenvalue weighted by atomic mass is 10.2. The SMILES string of the molecule is CCN(CC)c1nn(Cc2c(Cl)cccc2Cl)c2ccc(S(=O)(=O)N3CC=CCC3)cc12. The van der Waals surface area contributed by atoms with Crippen LogP contribution in [0.15, 0.2) is 53.4 Å². The van der Waals surface area contributed by atoms with Gasteiger partial charge in [-0.15, -0.1) is 0 Å². The lowest BCUT2D eigenvalue weighted by Gasteiger charge is -2.23. The van der Waals surface area contributed by atoms with Gasteiger partial charge in [0, 0.05) is 47.2 Å². The number of rotatable bonds is 7. The maximum atomic E-state index is 13.3. The minimum Gasteiger partial charge on any atom is -0.355 e. The third-order valence-electron chi connectivity index (χ3n) is 5.79. The Bertz CT molecular complexity index is 1250. The van der Waals surface area contributed by atoms with E-state index in [0.717, 1.165) is 41.8 Å². The standard InChI is InChI=1S/C23H26Cl2N4O2S/c1-3-27(4-2)23-18-15-17(32(30,31)28-13-6-5-7-14-28)11-12-22(18)29(26-23)16-19-20(24)9-8-10-21(19)25/h5-6,8-12,15H,3-4,7,13-14,16H2,1-2H3. The first-order valence-electron chi connectivity index (χ1n) is 10.7. The maximum Gasteiger partial charge on any atom is 0.243 e. The van der Waals surface area contributed by atoms with Crippen LogP contribution in [0.1, 0.15) is 25.8 Å². The first-order chi connectivity index (χ1) is 15.4. The number of hydrogen-bond acceptors (Lipinski definition) is 4. The molecule has 170 valence electrons. The Kier molecular flexibility index (Phi) is 6.81. The Labute approximate surface area is 199 Å². The number of sulfonamides is 1. The van der Waals surface area contributed by atoms with Gasteiger partial charge < -0.3 is 4.90 Å². The van der Waals surface area contributed by atoms with Crippen molar-refractivity contribution in [3.63, 3.8) is 0 Å². The van der Waals surface area contributed by atoms with E-state index in [2.05, 4.69) is 18.7 Å². The molecule has 1 aliphatic rings. The number of hydrogen-bond donors (Lipinski definition) is 0. The highest BCUT2D eigenvalue weighted by Gasteiger charge is 2.26. The van der Waals surface area contributed by atoms with E-state index in [1.165, 1.54) is 4.31 Å². The van der Waals surface area contributed by atoms with Gasteiger partial charge in [-0.25, -0.2) is 8.42 Å². The zero-order valence-corrected chi connectivity index (χ0v) is 20.5. The molecule has 0 N–H and O–H groups in total. The van der Waals surface area contributed by atoms with Crippen molar-refractivity contribution in [1.82, 2.24) is 14.1 Å². The Morgan fingerprint density at radius 1 is 1.06 bits per heavy atom. The highest BCUT2D eigenvalue weighted by molar-refractivity contribution is 7.89. The van der Waals surface area contributed by atoms with Gasteiger partial charge in [-0.05, 0) is 50.6 Å². The summed E-state index contributed by atoms with van der Waals surface area (Å²) in [6.07, 6.45) is 4.63. The van der Waals surface area contributed by atoms with Gasteiger partial charge in [-0.2, -0.15) is 9.40 Å². The molecule has 0 spiro atoms. The molecular formula is C23H26Cl2N4O2S. The highest BCUT2D eigenvalue weighted by Crippen LogP contribution is 2.32. The van der Waals surface area contributed by atoms with Crippen molar-refractivity contribution in [3.8, 4) is 0 Å². The molecule has 2 heterocycles. The molecule has 0 atom stereocenters. The molecule has 3 aromatic rings. The molecule has 0 fully saturated rings. The first-order valence-corrected chi connectivity index (χ1v) is 12.9. The minimum absolute atomic E-state index is 0.282. The fraction of sp³-hybridized carbons (Fsp3) is 0.348. The van der Waals surface area contributed by atoms with Crippen LogP contribution in [0.4, 0.5) is 5.82 Å². The summed E-state index contributed by atoms with van der Waals surface area (Å²) in [7, 11) is -3.59. The molecule has 0 saturated heterocycles. The smallest absolute Gasteiger partial charge is 0.243 e. The third-order valence-corrected chi connectivity index (χ3v) is 8.36. The van der Waals surface area contributed by atoms with E-state index >= 15 is 0 Å². The predicted octanol–water partition coefficient (Wildman–Crippen LogP) is 5.19. The van der Waals surface area contributed by atoms with Gasteiger partial charge in [0.05, 0.1) is 17.0 Å². The summed E-state index contributed by atoms with van der Waals surface area (Å²) in [6, 6.07) is 10.6. The lowest BCUT2D eigenvalue weighted by molar-refractivity contribution is 0.437. The molecule has 0 saturated carbocycles. The fourth-order valence-electron chi connectivity index (χ4n) is 4.00. The second-order valence-corrected chi connectivity index (χ2v) is 10.4. The van der Waals surface area contributed by atoms with Gasteiger partial charge >= 0.3 is 0 Å². The van der Waals surface area contributed by atoms with E-state index in [9.17, 15) is 8.42 Å². The van der Waals surface area contributed by atoms with Crippen LogP contribution in [0.2, 0.25) is 10.0 Å². The summed E-state index contributed by atoms with van der Waals surface area (Å²) < 4.78 is 29.9. The van der Waals surface area contributed by atoms with E-state index in [4.69, 9.17) is 28.3 Å². The molecule has 0 aliphatic carbocycles. The van der Waals surface area contributed by atoms with Gasteiger partial charge in [0.25, 0.3) is 0 Å². The zero-order valence-electron chi connectivity index (χ0n) is 18.1. The Hall–Kier alpha value is -2.06. The van der Waals surface area contributed by atoms with Crippen LogP contribution in [0.3, 0.4) is 0 Å². The Morgan fingerprint density at radius 3 is 2.41 bits per heavy atom. The molecule has 0 radical (unpaired) electrons. The van der Waals surface area contributed by atoms with Crippen LogP contribution < -0.4 is 4.90 Å². The molecule has 0 bridgehead atoms. The molecule has 0 amide bonds. The van der Waals surface area contributed by atoms with Crippen molar-refractivity contribution in [3.05, 3.63) is 64.2 Å². The predicted molar refractivity (Wildman–Crippen MR) is 131 cm³/mol. The largest absolute Gasteiger partial charge is 0.355 e. The summed E-state index contributed by atoms with van der Waals surface area (Å²) in [5.74, 6) is 0.753. The third kappa shape index (κ3) is 4.27. The van der Waals surface area contributed by atoms with Gasteiger partial charge in [0.1, 0.15) is 0 Å². The number of halogens is 2. The van der Waals surface area contributed by atoms with Gasteiger partial charge in [0.2, 0.25) is 10.0 Å². The van der Waals surface area contributed by atoms with Crippen molar-refractivity contribution in [1.29, 1.82) is 0 Å². The van der Waals surface area contributed by atoms with Gasteiger partial charge in [-0.3, -0.25) is 4.68 Å². The molecule has 6 nitrogen and oxygen atoms in total. The Balaban J connectivity index is 1.84. The number of fused-ring (bicyclic) bond motifs is 1. The lowest BCUT2D eigenvalue weighted by Crippen LogP contribution is -2.33. The van der Waals surface area contributed by atoms with Crippen LogP contribution >= 0.6 is 23.2 Å². The van der Waals surface area contributed by atoms with E-state index in [1.807, 2.05) is 29.0 Å². The van der Waals surface area contributed by atoms with Crippen LogP contribution in [0, 0.1) is 0 Å². The van der Waals surface area contributed by atoms with Gasteiger partial charge in [-0.1, -0.05) is 41.4 Å². The zero-order chi connectivity index (χ0) is 22.9. The number of nitrogens with zero attached hydrogens (tertiary/aromatic N) is 4. The van der Waals surface area contributed by atoms with E-state index in [1.54, 1.807) is 24.3 Å². The summed E-state index contributed by atoms with van der Waals surface area (Å²) in [5.41, 5.74) is 1.61. The van der Waals surface area contributed by atoms with Crippen LogP contribution in [-0.2, 0) is 16.6 Å². The molecule has 4 rings (SSSR count). The number of benzene rings is 2. The summed E-state index contributed by atoms with van der Waals surface area (Å²) >= 11 is 12.8. The van der Waals surface area contributed by atoms with Crippen LogP contribution in [0.25, 0.3) is 10.9 Å². The average Bonchev–Trinajstić information content (AvgIpc) is 3.15. The Morgan fingerprint density at radius 2 is 1.78 bits per heavy atom. The number of aromatic nitrogens is 2. The van der Waals surface area contributed by atoms with Crippen molar-refractivity contribution < 1.29 is 8.42 Å². The van der Waals surface area contributed by atoms with Crippen molar-refractivity contribution in [2.45, 2.75) is 31.7 Å². The van der Waals surface area contributed by atoms with Crippen LogP contribution in [-0.4, -0.2) is 48.7 Å². The molecule has 0 unspecified atom stereocenters. The molecule has 1 aromatic heterocycles. The summed E-state index contributed by atoms with van der Waals surface area (Å²) in [5, 5.41) is 6.79. The highest BCUT2D eigenvalue weighted by atomic mass is 35.5. The van der Waals surface area contributed by atoms with Gasteiger partial charge in [0.15, 0.2) is 5.82 Å². The summed E-state index contributed by atoms with van der Waals surface area (Å²) in [4.78, 5) is 2.40. The van der Waals surface area contributed by atoms with Crippen LogP contribution in [0.5, 0.6) is 0 Å². The molecule has 9 heteroatoms. The normalized spacial score (nSPS) is 14.9. The second-order valence-electron chi connectivity index (χ2n) is 7.66. The van der Waals surface area contributed by atoms with E-state index in [0.29, 0.717) is 29.7 Å². The van der Waals surface area contributed by atoms with Crippen molar-refractivity contribution >= 4 is 49.9 Å². The average molecular weight is 493 g/mol. The first kappa shape index (κ1) is 23.1. The quantitative estimate of drug-likeness (QED) is 0.425. The topological polar surface area (TPSA) is 58.4 Å². The van der Waals surface area contributed by atoms with Crippen molar-refractivity contribution in [2.24, 2.45) is 0 Å². The molecule has 1 aliphatic heterocycles. The number of anilines is 1. The molecule has 2 aromatic carbocycles. The fourth-order valence-corrected chi connectivity index (χ4v) is 5.95. The second kappa shape index (κ2) is 9.43. The minimum atomic E-state index is -3.59. The van der Waals surface area contributed by atoms with Crippen molar-refractivity contribution in [2.75, 3.05) is 31.1 Å². The molecule has 32 heavy (non-hydrogen) atoms. The summed E-state index contributed by atoms with van der Waals surface area (Å²) in [6.45, 7) is 6.89. The van der Waals surface area contributed by atoms with E-state index in [-0.39, 0.29) is 4.90 Å². The molecular weight excluding hydrogens is 467 g/mol.